The second-order valence-electron chi connectivity index (χ2n) is 14.1. The molecular formula is C49H49BrO6. The van der Waals surface area contributed by atoms with E-state index < -0.39 is 30.5 Å². The Hall–Kier alpha value is -4.60. The number of hydrogen-bond donors (Lipinski definition) is 0. The number of rotatable bonds is 19. The highest BCUT2D eigenvalue weighted by Gasteiger charge is 2.48. The van der Waals surface area contributed by atoms with Crippen LogP contribution in [-0.4, -0.2) is 37.1 Å². The van der Waals surface area contributed by atoms with Crippen LogP contribution in [0.15, 0.2) is 170 Å². The molecule has 0 spiro atoms. The van der Waals surface area contributed by atoms with Gasteiger partial charge in [0, 0.05) is 11.8 Å². The van der Waals surface area contributed by atoms with Gasteiger partial charge in [0.1, 0.15) is 36.8 Å². The van der Waals surface area contributed by atoms with Crippen molar-refractivity contribution in [3.8, 4) is 5.75 Å². The predicted molar refractivity (Wildman–Crippen MR) is 223 cm³/mol. The Labute approximate surface area is 339 Å². The molecule has 56 heavy (non-hydrogen) atoms. The number of ether oxygens (including phenoxy) is 6. The lowest BCUT2D eigenvalue weighted by Gasteiger charge is -2.46. The van der Waals surface area contributed by atoms with E-state index in [4.69, 9.17) is 28.4 Å². The van der Waals surface area contributed by atoms with Gasteiger partial charge in [-0.1, -0.05) is 180 Å². The molecule has 1 saturated heterocycles. The third-order valence-corrected chi connectivity index (χ3v) is 10.6. The van der Waals surface area contributed by atoms with Gasteiger partial charge in [-0.3, -0.25) is 0 Å². The second-order valence-corrected chi connectivity index (χ2v) is 14.6. The van der Waals surface area contributed by atoms with Crippen molar-refractivity contribution in [2.75, 3.05) is 6.61 Å². The molecule has 1 aliphatic heterocycles. The molecule has 0 N–H and O–H groups in total. The smallest absolute Gasteiger partial charge is 0.123 e. The normalized spacial score (nSPS) is 19.4. The Bertz CT molecular complexity index is 2000. The van der Waals surface area contributed by atoms with Gasteiger partial charge in [-0.25, -0.2) is 0 Å². The highest BCUT2D eigenvalue weighted by Crippen LogP contribution is 2.35. The Kier molecular flexibility index (Phi) is 14.9. The van der Waals surface area contributed by atoms with Gasteiger partial charge < -0.3 is 28.4 Å². The molecule has 0 unspecified atom stereocenters. The SMILES string of the molecule is BrCc1ccc(C[C@@H]2O[C@H](COCc3ccccc3)[C@@H](OCc3ccccc3)[C@H](OCc3ccccc3)[C@H]2OCc2ccccc2)c(OCc2ccccc2)c1. The monoisotopic (exact) mass is 812 g/mol. The van der Waals surface area contributed by atoms with Gasteiger partial charge in [0.2, 0.25) is 0 Å². The summed E-state index contributed by atoms with van der Waals surface area (Å²) in [6.07, 6.45) is -1.85. The zero-order valence-corrected chi connectivity index (χ0v) is 33.1. The summed E-state index contributed by atoms with van der Waals surface area (Å²) >= 11 is 3.65. The van der Waals surface area contributed by atoms with Crippen molar-refractivity contribution in [3.05, 3.63) is 209 Å². The first-order chi connectivity index (χ1) is 27.7. The third kappa shape index (κ3) is 11.5. The highest BCUT2D eigenvalue weighted by molar-refractivity contribution is 9.08. The molecule has 1 fully saturated rings. The number of alkyl halides is 1. The summed E-state index contributed by atoms with van der Waals surface area (Å²) in [5.74, 6) is 0.817. The Morgan fingerprint density at radius 2 is 0.857 bits per heavy atom. The van der Waals surface area contributed by atoms with Gasteiger partial charge in [0.15, 0.2) is 0 Å². The van der Waals surface area contributed by atoms with Crippen LogP contribution < -0.4 is 4.74 Å². The summed E-state index contributed by atoms with van der Waals surface area (Å²) in [7, 11) is 0. The molecule has 0 aromatic heterocycles. The van der Waals surface area contributed by atoms with Crippen LogP contribution >= 0.6 is 15.9 Å². The molecule has 6 aromatic carbocycles. The van der Waals surface area contributed by atoms with Crippen LogP contribution in [0.5, 0.6) is 5.75 Å². The van der Waals surface area contributed by atoms with Crippen molar-refractivity contribution in [1.82, 2.24) is 0 Å². The molecule has 0 radical (unpaired) electrons. The molecule has 0 amide bonds. The maximum absolute atomic E-state index is 7.17. The third-order valence-electron chi connectivity index (χ3n) is 9.92. The van der Waals surface area contributed by atoms with Crippen molar-refractivity contribution in [2.45, 2.75) is 75.3 Å². The van der Waals surface area contributed by atoms with E-state index in [0.29, 0.717) is 51.4 Å². The second kappa shape index (κ2) is 21.1. The molecule has 6 nitrogen and oxygen atoms in total. The molecule has 1 aliphatic rings. The van der Waals surface area contributed by atoms with Crippen molar-refractivity contribution in [3.63, 3.8) is 0 Å². The summed E-state index contributed by atoms with van der Waals surface area (Å²) < 4.78 is 41.0. The lowest BCUT2D eigenvalue weighted by atomic mass is 9.90. The molecule has 6 aromatic rings. The standard InChI is InChI=1S/C49H49BrO6/c50-30-42-26-27-43(44(28-42)52-32-38-18-8-2-9-19-38)29-45-47(53-33-39-20-10-3-11-21-39)49(55-35-41-24-14-5-15-25-41)48(54-34-40-22-12-4-13-23-40)46(56-45)36-51-31-37-16-6-1-7-17-37/h1-28,45-49H,29-36H2/t45-,46+,47-,48+,49+/m0/s1. The van der Waals surface area contributed by atoms with E-state index in [9.17, 15) is 0 Å². The largest absolute Gasteiger partial charge is 0.489 e. The molecule has 0 bridgehead atoms. The highest BCUT2D eigenvalue weighted by atomic mass is 79.9. The Morgan fingerprint density at radius 3 is 1.34 bits per heavy atom. The maximum Gasteiger partial charge on any atom is 0.123 e. The van der Waals surface area contributed by atoms with Crippen LogP contribution in [0.4, 0.5) is 0 Å². The van der Waals surface area contributed by atoms with E-state index in [2.05, 4.69) is 94.8 Å². The van der Waals surface area contributed by atoms with Crippen LogP contribution in [0.2, 0.25) is 0 Å². The lowest BCUT2D eigenvalue weighted by molar-refractivity contribution is -0.272. The molecule has 288 valence electrons. The molecule has 0 aliphatic carbocycles. The van der Waals surface area contributed by atoms with Crippen LogP contribution in [0, 0.1) is 0 Å². The molecule has 7 rings (SSSR count). The number of hydrogen-bond acceptors (Lipinski definition) is 6. The van der Waals surface area contributed by atoms with E-state index >= 15 is 0 Å². The lowest BCUT2D eigenvalue weighted by Crippen LogP contribution is -2.61. The van der Waals surface area contributed by atoms with E-state index in [1.54, 1.807) is 0 Å². The van der Waals surface area contributed by atoms with Gasteiger partial charge in [-0.05, 0) is 45.0 Å². The van der Waals surface area contributed by atoms with Crippen molar-refractivity contribution >= 4 is 15.9 Å². The zero-order chi connectivity index (χ0) is 38.2. The quantitative estimate of drug-likeness (QED) is 0.0760. The Balaban J connectivity index is 1.23. The van der Waals surface area contributed by atoms with Crippen molar-refractivity contribution < 1.29 is 28.4 Å². The summed E-state index contributed by atoms with van der Waals surface area (Å²) in [5.41, 5.74) is 7.55. The summed E-state index contributed by atoms with van der Waals surface area (Å²) in [6, 6.07) is 57.6. The van der Waals surface area contributed by atoms with E-state index in [1.807, 2.05) is 91.0 Å². The van der Waals surface area contributed by atoms with Crippen LogP contribution in [0.3, 0.4) is 0 Å². The molecular weight excluding hydrogens is 764 g/mol. The minimum Gasteiger partial charge on any atom is -0.489 e. The van der Waals surface area contributed by atoms with Gasteiger partial charge in [0.05, 0.1) is 39.1 Å². The van der Waals surface area contributed by atoms with Gasteiger partial charge in [-0.15, -0.1) is 0 Å². The fourth-order valence-electron chi connectivity index (χ4n) is 6.99. The maximum atomic E-state index is 7.17. The van der Waals surface area contributed by atoms with Crippen molar-refractivity contribution in [1.29, 1.82) is 0 Å². The fraction of sp³-hybridized carbons (Fsp3) is 0.265. The minimum atomic E-state index is -0.503. The topological polar surface area (TPSA) is 55.4 Å². The van der Waals surface area contributed by atoms with Crippen molar-refractivity contribution in [2.24, 2.45) is 0 Å². The molecule has 7 heteroatoms. The number of benzene rings is 6. The summed E-state index contributed by atoms with van der Waals surface area (Å²) in [5, 5.41) is 0.717. The van der Waals surface area contributed by atoms with Gasteiger partial charge in [-0.2, -0.15) is 0 Å². The fourth-order valence-corrected chi connectivity index (χ4v) is 7.33. The van der Waals surface area contributed by atoms with Gasteiger partial charge in [0.25, 0.3) is 0 Å². The summed E-state index contributed by atoms with van der Waals surface area (Å²) in [6.45, 7) is 2.37. The average molecular weight is 814 g/mol. The van der Waals surface area contributed by atoms with Crippen LogP contribution in [0.25, 0.3) is 0 Å². The van der Waals surface area contributed by atoms with E-state index in [0.717, 1.165) is 44.7 Å². The van der Waals surface area contributed by atoms with E-state index in [-0.39, 0.29) is 0 Å². The predicted octanol–water partition coefficient (Wildman–Crippen LogP) is 10.4. The molecule has 1 heterocycles. The minimum absolute atomic E-state index is 0.307. The van der Waals surface area contributed by atoms with Gasteiger partial charge >= 0.3 is 0 Å². The number of halogens is 1. The van der Waals surface area contributed by atoms with Crippen LogP contribution in [0.1, 0.15) is 38.9 Å². The first kappa shape index (κ1) is 39.6. The zero-order valence-electron chi connectivity index (χ0n) is 31.5. The summed E-state index contributed by atoms with van der Waals surface area (Å²) in [4.78, 5) is 0. The average Bonchev–Trinajstić information content (AvgIpc) is 3.26. The first-order valence-electron chi connectivity index (χ1n) is 19.3. The van der Waals surface area contributed by atoms with Crippen LogP contribution in [-0.2, 0) is 68.5 Å². The molecule has 5 atom stereocenters. The first-order valence-corrected chi connectivity index (χ1v) is 20.4. The Morgan fingerprint density at radius 1 is 0.429 bits per heavy atom. The van der Waals surface area contributed by atoms with E-state index in [1.165, 1.54) is 0 Å². The molecule has 0 saturated carbocycles.